The van der Waals surface area contributed by atoms with Gasteiger partial charge in [0.1, 0.15) is 0 Å². The van der Waals surface area contributed by atoms with E-state index in [-0.39, 0.29) is 11.0 Å². The van der Waals surface area contributed by atoms with Crippen LogP contribution in [-0.4, -0.2) is 15.3 Å². The first kappa shape index (κ1) is 22.5. The molecular formula is C29H34N2OS. The van der Waals surface area contributed by atoms with Crippen molar-refractivity contribution in [2.45, 2.75) is 81.8 Å². The third-order valence-electron chi connectivity index (χ3n) is 7.47. The van der Waals surface area contributed by atoms with E-state index in [9.17, 15) is 4.79 Å². The second-order valence-electron chi connectivity index (χ2n) is 9.69. The molecule has 0 unspecified atom stereocenters. The molecule has 0 saturated heterocycles. The van der Waals surface area contributed by atoms with Gasteiger partial charge in [0.15, 0.2) is 5.16 Å². The molecule has 2 aliphatic carbocycles. The van der Waals surface area contributed by atoms with Crippen molar-refractivity contribution >= 4 is 11.8 Å². The topological polar surface area (TPSA) is 34.9 Å². The van der Waals surface area contributed by atoms with Crippen LogP contribution in [0.25, 0.3) is 11.3 Å². The zero-order valence-electron chi connectivity index (χ0n) is 19.7. The smallest absolute Gasteiger partial charge is 0.258 e. The van der Waals surface area contributed by atoms with E-state index in [0.717, 1.165) is 54.3 Å². The predicted molar refractivity (Wildman–Crippen MR) is 138 cm³/mol. The largest absolute Gasteiger partial charge is 0.287 e. The van der Waals surface area contributed by atoms with Crippen LogP contribution < -0.4 is 5.56 Å². The molecule has 33 heavy (non-hydrogen) atoms. The van der Waals surface area contributed by atoms with Crippen molar-refractivity contribution in [1.29, 1.82) is 0 Å². The van der Waals surface area contributed by atoms with Gasteiger partial charge < -0.3 is 0 Å². The maximum absolute atomic E-state index is 14.2. The number of benzene rings is 2. The number of hydrogen-bond donors (Lipinski definition) is 0. The summed E-state index contributed by atoms with van der Waals surface area (Å²) in [7, 11) is 0. The van der Waals surface area contributed by atoms with Crippen molar-refractivity contribution in [2.24, 2.45) is 0 Å². The number of thioether (sulfide) groups is 1. The van der Waals surface area contributed by atoms with Crippen LogP contribution in [0.4, 0.5) is 0 Å². The maximum Gasteiger partial charge on any atom is 0.258 e. The Balaban J connectivity index is 1.61. The number of aryl methyl sites for hydroxylation is 1. The molecule has 0 amide bonds. The van der Waals surface area contributed by atoms with Gasteiger partial charge in [-0.2, -0.15) is 0 Å². The van der Waals surface area contributed by atoms with Crippen LogP contribution in [0.5, 0.6) is 0 Å². The highest BCUT2D eigenvalue weighted by Crippen LogP contribution is 2.49. The lowest BCUT2D eigenvalue weighted by Gasteiger charge is -2.36. The molecule has 1 aromatic heterocycles. The van der Waals surface area contributed by atoms with Crippen molar-refractivity contribution in [3.05, 3.63) is 81.6 Å². The molecule has 1 fully saturated rings. The van der Waals surface area contributed by atoms with Crippen LogP contribution in [0.1, 0.15) is 68.6 Å². The summed E-state index contributed by atoms with van der Waals surface area (Å²) in [6, 6.07) is 19.1. The number of rotatable bonds is 8. The van der Waals surface area contributed by atoms with Crippen LogP contribution in [0.15, 0.2) is 64.5 Å². The molecular weight excluding hydrogens is 424 g/mol. The fourth-order valence-electron chi connectivity index (χ4n) is 5.75. The predicted octanol–water partition coefficient (Wildman–Crippen LogP) is 6.80. The second kappa shape index (κ2) is 9.89. The van der Waals surface area contributed by atoms with Gasteiger partial charge in [-0.3, -0.25) is 9.36 Å². The van der Waals surface area contributed by atoms with Gasteiger partial charge in [0, 0.05) is 23.3 Å². The minimum absolute atomic E-state index is 0.0341. The average molecular weight is 459 g/mol. The lowest BCUT2D eigenvalue weighted by molar-refractivity contribution is 0.415. The van der Waals surface area contributed by atoms with Gasteiger partial charge in [-0.25, -0.2) is 4.98 Å². The molecule has 0 aliphatic heterocycles. The van der Waals surface area contributed by atoms with Crippen molar-refractivity contribution in [3.63, 3.8) is 0 Å². The summed E-state index contributed by atoms with van der Waals surface area (Å²) >= 11 is 1.77. The van der Waals surface area contributed by atoms with Crippen LogP contribution >= 0.6 is 11.8 Å². The molecule has 3 nitrogen and oxygen atoms in total. The number of hydrogen-bond acceptors (Lipinski definition) is 3. The van der Waals surface area contributed by atoms with E-state index >= 15 is 0 Å². The van der Waals surface area contributed by atoms with Gasteiger partial charge >= 0.3 is 0 Å². The Kier molecular flexibility index (Phi) is 6.73. The number of unbranched alkanes of at least 4 members (excludes halogenated alkanes) is 2. The third kappa shape index (κ3) is 4.42. The van der Waals surface area contributed by atoms with E-state index in [1.54, 1.807) is 11.8 Å². The summed E-state index contributed by atoms with van der Waals surface area (Å²) < 4.78 is 2.01. The molecule has 0 N–H and O–H groups in total. The van der Waals surface area contributed by atoms with Crippen molar-refractivity contribution in [2.75, 3.05) is 5.75 Å². The van der Waals surface area contributed by atoms with E-state index in [1.165, 1.54) is 42.4 Å². The van der Waals surface area contributed by atoms with E-state index in [4.69, 9.17) is 4.98 Å². The van der Waals surface area contributed by atoms with E-state index in [2.05, 4.69) is 55.5 Å². The second-order valence-corrected chi connectivity index (χ2v) is 10.7. The molecule has 1 saturated carbocycles. The van der Waals surface area contributed by atoms with E-state index < -0.39 is 0 Å². The van der Waals surface area contributed by atoms with Crippen LogP contribution in [0.3, 0.4) is 0 Å². The molecule has 4 heteroatoms. The zero-order valence-corrected chi connectivity index (χ0v) is 20.5. The number of aromatic nitrogens is 2. The van der Waals surface area contributed by atoms with Crippen molar-refractivity contribution in [3.8, 4) is 11.3 Å². The molecule has 2 aliphatic rings. The summed E-state index contributed by atoms with van der Waals surface area (Å²) in [6.07, 6.45) is 10.0. The molecule has 1 heterocycles. The highest BCUT2D eigenvalue weighted by molar-refractivity contribution is 7.99. The minimum atomic E-state index is -0.0341. The Morgan fingerprint density at radius 2 is 1.76 bits per heavy atom. The summed E-state index contributed by atoms with van der Waals surface area (Å²) in [4.78, 5) is 19.5. The fourth-order valence-corrected chi connectivity index (χ4v) is 6.77. The monoisotopic (exact) mass is 458 g/mol. The van der Waals surface area contributed by atoms with Gasteiger partial charge in [-0.15, -0.1) is 0 Å². The molecule has 3 aromatic rings. The Labute approximate surface area is 201 Å². The molecule has 5 rings (SSSR count). The molecule has 0 bridgehead atoms. The van der Waals surface area contributed by atoms with Gasteiger partial charge in [0.25, 0.3) is 5.56 Å². The first-order chi connectivity index (χ1) is 16.2. The van der Waals surface area contributed by atoms with Crippen LogP contribution in [0.2, 0.25) is 0 Å². The Morgan fingerprint density at radius 1 is 1.00 bits per heavy atom. The van der Waals surface area contributed by atoms with Gasteiger partial charge in [0.05, 0.1) is 11.3 Å². The van der Waals surface area contributed by atoms with Gasteiger partial charge in [-0.1, -0.05) is 99.0 Å². The van der Waals surface area contributed by atoms with Crippen LogP contribution in [-0.2, 0) is 24.8 Å². The van der Waals surface area contributed by atoms with Gasteiger partial charge in [-0.05, 0) is 43.2 Å². The molecule has 0 atom stereocenters. The van der Waals surface area contributed by atoms with E-state index in [1.807, 2.05) is 10.6 Å². The molecule has 1 spiro atoms. The fraction of sp³-hybridized carbons (Fsp3) is 0.448. The summed E-state index contributed by atoms with van der Waals surface area (Å²) in [5.74, 6) is 1.01. The molecule has 0 radical (unpaired) electrons. The summed E-state index contributed by atoms with van der Waals surface area (Å²) in [5.41, 5.74) is 5.96. The third-order valence-corrected chi connectivity index (χ3v) is 8.54. The maximum atomic E-state index is 14.2. The number of nitrogens with zero attached hydrogens (tertiary/aromatic N) is 2. The Hall–Kier alpha value is -2.33. The SMILES string of the molecule is CCCCCSc1nc2c(c(=O)n1CCc1ccccc1)C1(CCCC1)Cc1ccccc1-2. The quantitative estimate of drug-likeness (QED) is 0.211. The lowest BCUT2D eigenvalue weighted by Crippen LogP contribution is -2.40. The highest BCUT2D eigenvalue weighted by atomic mass is 32.2. The Morgan fingerprint density at radius 3 is 2.55 bits per heavy atom. The summed E-state index contributed by atoms with van der Waals surface area (Å²) in [5, 5.41) is 0.899. The summed E-state index contributed by atoms with van der Waals surface area (Å²) in [6.45, 7) is 2.92. The van der Waals surface area contributed by atoms with Crippen LogP contribution in [0, 0.1) is 0 Å². The van der Waals surface area contributed by atoms with Crippen molar-refractivity contribution in [1.82, 2.24) is 9.55 Å². The molecule has 2 aromatic carbocycles. The average Bonchev–Trinajstić information content (AvgIpc) is 3.30. The molecule has 172 valence electrons. The minimum Gasteiger partial charge on any atom is -0.287 e. The first-order valence-corrected chi connectivity index (χ1v) is 13.6. The zero-order chi connectivity index (χ0) is 22.7. The Bertz CT molecular complexity index is 1160. The van der Waals surface area contributed by atoms with Crippen molar-refractivity contribution < 1.29 is 0 Å². The van der Waals surface area contributed by atoms with Gasteiger partial charge in [0.2, 0.25) is 0 Å². The standard InChI is InChI=1S/C29H34N2OS/c1-2-3-11-20-33-28-30-26-24-15-8-7-14-23(24)21-29(17-9-10-18-29)25(26)27(32)31(28)19-16-22-12-5-4-6-13-22/h4-8,12-15H,2-3,9-11,16-21H2,1H3. The first-order valence-electron chi connectivity index (χ1n) is 12.6. The highest BCUT2D eigenvalue weighted by Gasteiger charge is 2.44. The van der Waals surface area contributed by atoms with E-state index in [0.29, 0.717) is 6.54 Å². The lowest BCUT2D eigenvalue weighted by atomic mass is 9.68. The normalized spacial score (nSPS) is 16.0. The number of fused-ring (bicyclic) bond motifs is 4.